The van der Waals surface area contributed by atoms with Gasteiger partial charge in [0.2, 0.25) is 5.91 Å². The van der Waals surface area contributed by atoms with Gasteiger partial charge in [-0.3, -0.25) is 4.79 Å². The van der Waals surface area contributed by atoms with Crippen LogP contribution in [0.5, 0.6) is 0 Å². The number of nitrogens with zero attached hydrogens (tertiary/aromatic N) is 4. The first kappa shape index (κ1) is 16.6. The lowest BCUT2D eigenvalue weighted by Gasteiger charge is -2.32. The van der Waals surface area contributed by atoms with Gasteiger partial charge in [-0.2, -0.15) is 0 Å². The summed E-state index contributed by atoms with van der Waals surface area (Å²) in [6, 6.07) is 1.97. The van der Waals surface area contributed by atoms with E-state index < -0.39 is 0 Å². The maximum absolute atomic E-state index is 11.5. The fourth-order valence-electron chi connectivity index (χ4n) is 3.01. The molecule has 1 aliphatic rings. The third-order valence-corrected chi connectivity index (χ3v) is 4.32. The van der Waals surface area contributed by atoms with Crippen LogP contribution in [0.2, 0.25) is 0 Å². The van der Waals surface area contributed by atoms with E-state index in [2.05, 4.69) is 15.1 Å². The Bertz CT molecular complexity index is 709. The fraction of sp³-hybridized carbons (Fsp3) is 0.529. The van der Waals surface area contributed by atoms with Crippen molar-refractivity contribution in [3.63, 3.8) is 0 Å². The highest BCUT2D eigenvalue weighted by Crippen LogP contribution is 2.25. The third-order valence-electron chi connectivity index (χ3n) is 4.32. The van der Waals surface area contributed by atoms with Crippen molar-refractivity contribution in [2.75, 3.05) is 19.7 Å². The average molecular weight is 330 g/mol. The molecule has 0 radical (unpaired) electrons. The Morgan fingerprint density at radius 3 is 2.92 bits per heavy atom. The van der Waals surface area contributed by atoms with Crippen LogP contribution >= 0.6 is 0 Å². The molecule has 0 bridgehead atoms. The van der Waals surface area contributed by atoms with Crippen molar-refractivity contribution in [2.24, 2.45) is 0 Å². The van der Waals surface area contributed by atoms with Crippen molar-refractivity contribution >= 4 is 5.91 Å². The number of carbonyl (C=O) groups is 1. The molecule has 2 aromatic rings. The highest BCUT2D eigenvalue weighted by Gasteiger charge is 2.22. The number of rotatable bonds is 4. The molecule has 1 fully saturated rings. The van der Waals surface area contributed by atoms with Crippen molar-refractivity contribution in [1.82, 2.24) is 20.0 Å². The van der Waals surface area contributed by atoms with Gasteiger partial charge in [0, 0.05) is 25.7 Å². The second-order valence-corrected chi connectivity index (χ2v) is 6.09. The molecule has 1 aliphatic heterocycles. The molecule has 0 N–H and O–H groups in total. The molecule has 0 aliphatic carbocycles. The van der Waals surface area contributed by atoms with Crippen LogP contribution in [0.1, 0.15) is 30.5 Å². The molecular weight excluding hydrogens is 308 g/mol. The minimum atomic E-state index is 0.0557. The van der Waals surface area contributed by atoms with Gasteiger partial charge in [0.1, 0.15) is 12.1 Å². The number of hydrogen-bond acceptors (Lipinski definition) is 6. The van der Waals surface area contributed by atoms with Crippen LogP contribution in [0.3, 0.4) is 0 Å². The summed E-state index contributed by atoms with van der Waals surface area (Å²) in [6.07, 6.45) is 3.22. The van der Waals surface area contributed by atoms with Crippen LogP contribution in [0.15, 0.2) is 16.9 Å². The predicted molar refractivity (Wildman–Crippen MR) is 87.3 cm³/mol. The summed E-state index contributed by atoms with van der Waals surface area (Å²) in [5, 5.41) is 3.97. The molecule has 1 amide bonds. The first-order valence-corrected chi connectivity index (χ1v) is 8.16. The molecular formula is C17H22N4O3. The minimum Gasteiger partial charge on any atom is -0.375 e. The van der Waals surface area contributed by atoms with Crippen molar-refractivity contribution in [1.29, 1.82) is 0 Å². The number of hydrogen-bond donors (Lipinski definition) is 0. The summed E-state index contributed by atoms with van der Waals surface area (Å²) in [7, 11) is 0. The molecule has 0 spiro atoms. The number of aryl methyl sites for hydroxylation is 3. The lowest BCUT2D eigenvalue weighted by atomic mass is 10.1. The first-order chi connectivity index (χ1) is 11.5. The molecule has 0 saturated carbocycles. The van der Waals surface area contributed by atoms with Gasteiger partial charge in [-0.25, -0.2) is 9.97 Å². The molecule has 1 atom stereocenters. The van der Waals surface area contributed by atoms with Gasteiger partial charge in [-0.15, -0.1) is 0 Å². The zero-order chi connectivity index (χ0) is 17.1. The van der Waals surface area contributed by atoms with Gasteiger partial charge in [0.25, 0.3) is 0 Å². The van der Waals surface area contributed by atoms with E-state index in [1.54, 1.807) is 13.3 Å². The minimum absolute atomic E-state index is 0.0557. The topological polar surface area (TPSA) is 81.4 Å². The van der Waals surface area contributed by atoms with E-state index in [-0.39, 0.29) is 12.0 Å². The largest absolute Gasteiger partial charge is 0.375 e. The Hall–Kier alpha value is -2.28. The Balaban J connectivity index is 1.66. The summed E-state index contributed by atoms with van der Waals surface area (Å²) in [5.41, 5.74) is 3.52. The van der Waals surface area contributed by atoms with E-state index in [1.807, 2.05) is 24.8 Å². The SMILES string of the molecule is CC(=O)N1CCO[C@H](CCc2cc(-c3c(C)noc3C)ncn2)C1. The Morgan fingerprint density at radius 1 is 1.38 bits per heavy atom. The van der Waals surface area contributed by atoms with Crippen LogP contribution in [0, 0.1) is 13.8 Å². The van der Waals surface area contributed by atoms with Crippen LogP contribution in [-0.2, 0) is 16.0 Å². The molecule has 2 aromatic heterocycles. The molecule has 7 heteroatoms. The number of carbonyl (C=O) groups excluding carboxylic acids is 1. The van der Waals surface area contributed by atoms with Gasteiger partial charge >= 0.3 is 0 Å². The van der Waals surface area contributed by atoms with Crippen molar-refractivity contribution in [3.05, 3.63) is 29.5 Å². The number of amides is 1. The normalized spacial score (nSPS) is 18.0. The van der Waals surface area contributed by atoms with E-state index >= 15 is 0 Å². The summed E-state index contributed by atoms with van der Waals surface area (Å²) in [6.45, 7) is 7.30. The Morgan fingerprint density at radius 2 is 2.21 bits per heavy atom. The van der Waals surface area contributed by atoms with Crippen molar-refractivity contribution in [3.8, 4) is 11.3 Å². The van der Waals surface area contributed by atoms with Gasteiger partial charge < -0.3 is 14.2 Å². The summed E-state index contributed by atoms with van der Waals surface area (Å²) >= 11 is 0. The number of aromatic nitrogens is 3. The quantitative estimate of drug-likeness (QED) is 0.852. The smallest absolute Gasteiger partial charge is 0.219 e. The van der Waals surface area contributed by atoms with Crippen LogP contribution < -0.4 is 0 Å². The molecule has 128 valence electrons. The van der Waals surface area contributed by atoms with Crippen LogP contribution in [0.25, 0.3) is 11.3 Å². The van der Waals surface area contributed by atoms with E-state index in [0.29, 0.717) is 19.7 Å². The molecule has 0 unspecified atom stereocenters. The monoisotopic (exact) mass is 330 g/mol. The third kappa shape index (κ3) is 3.62. The zero-order valence-corrected chi connectivity index (χ0v) is 14.3. The van der Waals surface area contributed by atoms with Gasteiger partial charge in [-0.1, -0.05) is 5.16 Å². The van der Waals surface area contributed by atoms with Crippen molar-refractivity contribution in [2.45, 2.75) is 39.7 Å². The maximum atomic E-state index is 11.5. The molecule has 3 heterocycles. The van der Waals surface area contributed by atoms with Crippen molar-refractivity contribution < 1.29 is 14.1 Å². The fourth-order valence-corrected chi connectivity index (χ4v) is 3.01. The van der Waals surface area contributed by atoms with Gasteiger partial charge in [-0.05, 0) is 32.8 Å². The van der Waals surface area contributed by atoms with Gasteiger partial charge in [0.15, 0.2) is 0 Å². The van der Waals surface area contributed by atoms with E-state index in [1.165, 1.54) is 0 Å². The standard InChI is InChI=1S/C17H22N4O3/c1-11-17(12(2)24-20-11)16-8-14(18-10-19-16)4-5-15-9-21(13(3)22)6-7-23-15/h8,10,15H,4-7,9H2,1-3H3/t15-/m1/s1. The predicted octanol–water partition coefficient (Wildman–Crippen LogP) is 1.93. The second-order valence-electron chi connectivity index (χ2n) is 6.09. The zero-order valence-electron chi connectivity index (χ0n) is 14.3. The molecule has 7 nitrogen and oxygen atoms in total. The van der Waals surface area contributed by atoms with E-state index in [9.17, 15) is 4.79 Å². The summed E-state index contributed by atoms with van der Waals surface area (Å²) < 4.78 is 11.0. The van der Waals surface area contributed by atoms with Crippen LogP contribution in [0.4, 0.5) is 0 Å². The van der Waals surface area contributed by atoms with E-state index in [4.69, 9.17) is 9.26 Å². The Labute approximate surface area is 141 Å². The van der Waals surface area contributed by atoms with Crippen LogP contribution in [-0.4, -0.2) is 51.7 Å². The highest BCUT2D eigenvalue weighted by atomic mass is 16.5. The molecule has 24 heavy (non-hydrogen) atoms. The number of ether oxygens (including phenoxy) is 1. The average Bonchev–Trinajstić information content (AvgIpc) is 2.92. The highest BCUT2D eigenvalue weighted by molar-refractivity contribution is 5.73. The Kier molecular flexibility index (Phi) is 4.89. The second kappa shape index (κ2) is 7.09. The number of morpholine rings is 1. The van der Waals surface area contributed by atoms with Gasteiger partial charge in [0.05, 0.1) is 29.7 Å². The summed E-state index contributed by atoms with van der Waals surface area (Å²) in [4.78, 5) is 22.0. The lowest BCUT2D eigenvalue weighted by Crippen LogP contribution is -2.44. The molecule has 0 aromatic carbocycles. The molecule has 3 rings (SSSR count). The lowest BCUT2D eigenvalue weighted by molar-refractivity contribution is -0.136. The first-order valence-electron chi connectivity index (χ1n) is 8.16. The molecule has 1 saturated heterocycles. The van der Waals surface area contributed by atoms with E-state index in [0.717, 1.165) is 41.2 Å². The summed E-state index contributed by atoms with van der Waals surface area (Å²) in [5.74, 6) is 0.857. The maximum Gasteiger partial charge on any atom is 0.219 e.